The molecule has 0 aliphatic carbocycles. The van der Waals surface area contributed by atoms with E-state index in [9.17, 15) is 9.90 Å². The Balaban J connectivity index is 2.37. The molecule has 1 aromatic heterocycles. The van der Waals surface area contributed by atoms with Gasteiger partial charge in [0.05, 0.1) is 0 Å². The van der Waals surface area contributed by atoms with Crippen molar-refractivity contribution in [1.29, 1.82) is 0 Å². The summed E-state index contributed by atoms with van der Waals surface area (Å²) in [6, 6.07) is 12.7. The topological polar surface area (TPSA) is 50.4 Å². The standard InChI is InChI=1S/C16H11ClO3/c1-9-3-2-4-12-13(10-5-7-11(17)8-6-10)15(16(18)19)20-14(9)12/h2-8H,1H3,(H,18,19). The van der Waals surface area contributed by atoms with Crippen LogP contribution in [0.2, 0.25) is 5.02 Å². The van der Waals surface area contributed by atoms with Crippen molar-refractivity contribution in [2.75, 3.05) is 0 Å². The second kappa shape index (κ2) is 4.69. The molecule has 3 nitrogen and oxygen atoms in total. The lowest BCUT2D eigenvalue weighted by molar-refractivity contribution is 0.0666. The molecule has 0 radical (unpaired) electrons. The maximum Gasteiger partial charge on any atom is 0.372 e. The first kappa shape index (κ1) is 12.8. The predicted octanol–water partition coefficient (Wildman–Crippen LogP) is 4.76. The summed E-state index contributed by atoms with van der Waals surface area (Å²) >= 11 is 5.88. The monoisotopic (exact) mass is 286 g/mol. The summed E-state index contributed by atoms with van der Waals surface area (Å²) in [5.41, 5.74) is 2.88. The highest BCUT2D eigenvalue weighted by atomic mass is 35.5. The Labute approximate surface area is 120 Å². The number of carbonyl (C=O) groups is 1. The molecule has 0 aliphatic rings. The minimum atomic E-state index is -1.08. The lowest BCUT2D eigenvalue weighted by Gasteiger charge is -2.01. The van der Waals surface area contributed by atoms with Crippen LogP contribution < -0.4 is 0 Å². The van der Waals surface area contributed by atoms with Gasteiger partial charge in [0.1, 0.15) is 5.58 Å². The fraction of sp³-hybridized carbons (Fsp3) is 0.0625. The molecule has 0 aliphatic heterocycles. The average molecular weight is 287 g/mol. The van der Waals surface area contributed by atoms with Gasteiger partial charge in [-0.3, -0.25) is 0 Å². The molecule has 0 saturated heterocycles. The summed E-state index contributed by atoms with van der Waals surface area (Å²) in [7, 11) is 0. The van der Waals surface area contributed by atoms with Crippen molar-refractivity contribution in [3.8, 4) is 11.1 Å². The van der Waals surface area contributed by atoms with Crippen molar-refractivity contribution in [2.45, 2.75) is 6.92 Å². The number of fused-ring (bicyclic) bond motifs is 1. The number of furan rings is 1. The summed E-state index contributed by atoms with van der Waals surface area (Å²) in [6.07, 6.45) is 0. The van der Waals surface area contributed by atoms with Crippen LogP contribution >= 0.6 is 11.6 Å². The van der Waals surface area contributed by atoms with Crippen LogP contribution in [0.1, 0.15) is 16.1 Å². The third-order valence-corrected chi connectivity index (χ3v) is 3.49. The van der Waals surface area contributed by atoms with Gasteiger partial charge in [-0.15, -0.1) is 0 Å². The molecule has 1 N–H and O–H groups in total. The molecule has 20 heavy (non-hydrogen) atoms. The van der Waals surface area contributed by atoms with Crippen LogP contribution in [-0.4, -0.2) is 11.1 Å². The Morgan fingerprint density at radius 1 is 1.15 bits per heavy atom. The fourth-order valence-corrected chi connectivity index (χ4v) is 2.44. The van der Waals surface area contributed by atoms with Crippen molar-refractivity contribution in [3.05, 3.63) is 58.8 Å². The number of carboxylic acid groups (broad SMARTS) is 1. The van der Waals surface area contributed by atoms with Gasteiger partial charge in [0.25, 0.3) is 0 Å². The normalized spacial score (nSPS) is 10.9. The molecule has 3 aromatic rings. The van der Waals surface area contributed by atoms with Crippen LogP contribution in [-0.2, 0) is 0 Å². The van der Waals surface area contributed by atoms with Crippen molar-refractivity contribution >= 4 is 28.5 Å². The summed E-state index contributed by atoms with van der Waals surface area (Å²) in [5, 5.41) is 10.8. The van der Waals surface area contributed by atoms with Gasteiger partial charge in [-0.1, -0.05) is 41.9 Å². The Bertz CT molecular complexity index is 800. The van der Waals surface area contributed by atoms with E-state index < -0.39 is 5.97 Å². The van der Waals surface area contributed by atoms with E-state index in [1.165, 1.54) is 0 Å². The lowest BCUT2D eigenvalue weighted by Crippen LogP contribution is -1.95. The quantitative estimate of drug-likeness (QED) is 0.739. The van der Waals surface area contributed by atoms with Crippen molar-refractivity contribution in [2.24, 2.45) is 0 Å². The minimum Gasteiger partial charge on any atom is -0.475 e. The van der Waals surface area contributed by atoms with Crippen LogP contribution in [0.25, 0.3) is 22.1 Å². The van der Waals surface area contributed by atoms with Gasteiger partial charge in [0, 0.05) is 16.0 Å². The number of carboxylic acids is 1. The molecule has 1 heterocycles. The maximum absolute atomic E-state index is 11.4. The number of halogens is 1. The Hall–Kier alpha value is -2.26. The Kier molecular flexibility index (Phi) is 2.99. The molecule has 0 amide bonds. The van der Waals surface area contributed by atoms with Gasteiger partial charge < -0.3 is 9.52 Å². The SMILES string of the molecule is Cc1cccc2c(-c3ccc(Cl)cc3)c(C(=O)O)oc12. The van der Waals surface area contributed by atoms with Gasteiger partial charge in [-0.05, 0) is 30.2 Å². The molecule has 4 heteroatoms. The number of para-hydroxylation sites is 1. The molecule has 0 atom stereocenters. The van der Waals surface area contributed by atoms with E-state index in [1.54, 1.807) is 24.3 Å². The van der Waals surface area contributed by atoms with E-state index in [2.05, 4.69) is 0 Å². The van der Waals surface area contributed by atoms with Crippen LogP contribution in [0.5, 0.6) is 0 Å². The summed E-state index contributed by atoms with van der Waals surface area (Å²) in [5.74, 6) is -1.12. The highest BCUT2D eigenvalue weighted by Gasteiger charge is 2.21. The van der Waals surface area contributed by atoms with E-state index in [1.807, 2.05) is 25.1 Å². The van der Waals surface area contributed by atoms with Gasteiger partial charge >= 0.3 is 5.97 Å². The second-order valence-corrected chi connectivity index (χ2v) is 5.01. The van der Waals surface area contributed by atoms with Crippen molar-refractivity contribution < 1.29 is 14.3 Å². The Morgan fingerprint density at radius 3 is 2.50 bits per heavy atom. The summed E-state index contributed by atoms with van der Waals surface area (Å²) < 4.78 is 5.54. The Morgan fingerprint density at radius 2 is 1.85 bits per heavy atom. The molecule has 0 unspecified atom stereocenters. The highest BCUT2D eigenvalue weighted by Crippen LogP contribution is 2.36. The van der Waals surface area contributed by atoms with Gasteiger partial charge in [0.2, 0.25) is 5.76 Å². The predicted molar refractivity (Wildman–Crippen MR) is 78.4 cm³/mol. The van der Waals surface area contributed by atoms with E-state index in [-0.39, 0.29) is 5.76 Å². The van der Waals surface area contributed by atoms with Crippen molar-refractivity contribution in [3.63, 3.8) is 0 Å². The molecule has 3 rings (SSSR count). The van der Waals surface area contributed by atoms with E-state index >= 15 is 0 Å². The van der Waals surface area contributed by atoms with Crippen molar-refractivity contribution in [1.82, 2.24) is 0 Å². The maximum atomic E-state index is 11.4. The first-order chi connectivity index (χ1) is 9.58. The van der Waals surface area contributed by atoms with Gasteiger partial charge in [-0.25, -0.2) is 4.79 Å². The van der Waals surface area contributed by atoms with Crippen LogP contribution in [0.3, 0.4) is 0 Å². The van der Waals surface area contributed by atoms with Gasteiger partial charge in [-0.2, -0.15) is 0 Å². The zero-order valence-electron chi connectivity index (χ0n) is 10.7. The molecule has 0 bridgehead atoms. The van der Waals surface area contributed by atoms with Crippen LogP contribution in [0, 0.1) is 6.92 Å². The third kappa shape index (κ3) is 1.96. The molecule has 0 spiro atoms. The second-order valence-electron chi connectivity index (χ2n) is 4.57. The molecule has 2 aromatic carbocycles. The first-order valence-corrected chi connectivity index (χ1v) is 6.47. The minimum absolute atomic E-state index is 0.0448. The first-order valence-electron chi connectivity index (χ1n) is 6.09. The molecular formula is C16H11ClO3. The molecular weight excluding hydrogens is 276 g/mol. The number of benzene rings is 2. The summed E-state index contributed by atoms with van der Waals surface area (Å²) in [4.78, 5) is 11.4. The van der Waals surface area contributed by atoms with E-state index in [0.717, 1.165) is 16.5 Å². The largest absolute Gasteiger partial charge is 0.475 e. The van der Waals surface area contributed by atoms with Crippen LogP contribution in [0.15, 0.2) is 46.9 Å². The van der Waals surface area contributed by atoms with E-state index in [4.69, 9.17) is 16.0 Å². The lowest BCUT2D eigenvalue weighted by atomic mass is 10.0. The number of aryl methyl sites for hydroxylation is 1. The van der Waals surface area contributed by atoms with Gasteiger partial charge in [0.15, 0.2) is 0 Å². The number of aromatic carboxylic acids is 1. The number of hydrogen-bond acceptors (Lipinski definition) is 2. The zero-order chi connectivity index (χ0) is 14.3. The number of hydrogen-bond donors (Lipinski definition) is 1. The third-order valence-electron chi connectivity index (χ3n) is 3.24. The fourth-order valence-electron chi connectivity index (χ4n) is 2.31. The highest BCUT2D eigenvalue weighted by molar-refractivity contribution is 6.30. The zero-order valence-corrected chi connectivity index (χ0v) is 11.4. The average Bonchev–Trinajstić information content (AvgIpc) is 2.81. The molecule has 100 valence electrons. The number of rotatable bonds is 2. The molecule has 0 fully saturated rings. The van der Waals surface area contributed by atoms with Crippen LogP contribution in [0.4, 0.5) is 0 Å². The molecule has 0 saturated carbocycles. The summed E-state index contributed by atoms with van der Waals surface area (Å²) in [6.45, 7) is 1.89. The smallest absolute Gasteiger partial charge is 0.372 e. The van der Waals surface area contributed by atoms with E-state index in [0.29, 0.717) is 16.2 Å².